The number of carboxylic acid groups (broad SMARTS) is 1. The van der Waals surface area contributed by atoms with Crippen LogP contribution in [0.3, 0.4) is 0 Å². The summed E-state index contributed by atoms with van der Waals surface area (Å²) in [5, 5.41) is 12.7. The summed E-state index contributed by atoms with van der Waals surface area (Å²) in [5.41, 5.74) is 1.62. The number of ether oxygens (including phenoxy) is 1. The van der Waals surface area contributed by atoms with Gasteiger partial charge in [0, 0.05) is 17.5 Å². The lowest BCUT2D eigenvalue weighted by molar-refractivity contribution is -0.140. The van der Waals surface area contributed by atoms with E-state index in [9.17, 15) is 14.7 Å². The molecule has 0 bridgehead atoms. The lowest BCUT2D eigenvalue weighted by Crippen LogP contribution is -2.19. The lowest BCUT2D eigenvalue weighted by Gasteiger charge is -2.16. The Balaban J connectivity index is 1.26. The third-order valence-corrected chi connectivity index (χ3v) is 6.46. The molecule has 2 N–H and O–H groups in total. The number of amides is 1. The molecule has 4 heterocycles. The number of hydrogen-bond donors (Lipinski definition) is 2. The SMILES string of the molecule is Cc1ccccc1C(C)OC(=O)Nc1c(C#Cc2nc3oc(C4(C(=O)O)CC4)nc3o2)oc2cnccc12. The molecule has 0 spiro atoms. The van der Waals surface area contributed by atoms with Crippen LogP contribution in [0.1, 0.15) is 54.5 Å². The molecule has 1 amide bonds. The highest BCUT2D eigenvalue weighted by Gasteiger charge is 2.56. The van der Waals surface area contributed by atoms with Crippen molar-refractivity contribution in [2.75, 3.05) is 5.32 Å². The standard InChI is InChI=1S/C27H20N4O7/c1-14-5-3-4-6-16(14)15(2)35-26(34)30-21-17-9-12-28-13-19(17)36-18(21)7-8-20-29-22-23(37-20)31-24(38-22)27(10-11-27)25(32)33/h3-6,9,12-13,15H,10-11H2,1-2H3,(H,30,34)(H,32,33). The summed E-state index contributed by atoms with van der Waals surface area (Å²) in [7, 11) is 0. The summed E-state index contributed by atoms with van der Waals surface area (Å²) in [6.45, 7) is 3.74. The van der Waals surface area contributed by atoms with Crippen LogP contribution in [-0.2, 0) is 14.9 Å². The smallest absolute Gasteiger partial charge is 0.412 e. The predicted octanol–water partition coefficient (Wildman–Crippen LogP) is 5.09. The number of nitrogens with one attached hydrogen (secondary N) is 1. The van der Waals surface area contributed by atoms with E-state index in [0.29, 0.717) is 29.5 Å². The monoisotopic (exact) mass is 512 g/mol. The number of aliphatic carboxylic acids is 1. The Hall–Kier alpha value is -5.11. The lowest BCUT2D eigenvalue weighted by atomic mass is 10.1. The predicted molar refractivity (Wildman–Crippen MR) is 132 cm³/mol. The first kappa shape index (κ1) is 23.3. The molecule has 11 nitrogen and oxygen atoms in total. The largest absolute Gasteiger partial charge is 0.480 e. The van der Waals surface area contributed by atoms with Crippen molar-refractivity contribution in [2.24, 2.45) is 0 Å². The summed E-state index contributed by atoms with van der Waals surface area (Å²) in [5.74, 6) is 4.74. The number of carboxylic acids is 1. The van der Waals surface area contributed by atoms with Gasteiger partial charge in [-0.05, 0) is 49.8 Å². The van der Waals surface area contributed by atoms with Gasteiger partial charge in [0.05, 0.1) is 6.20 Å². The molecule has 0 aliphatic heterocycles. The van der Waals surface area contributed by atoms with Gasteiger partial charge in [0.15, 0.2) is 5.58 Å². The first-order chi connectivity index (χ1) is 18.3. The van der Waals surface area contributed by atoms with Gasteiger partial charge in [-0.15, -0.1) is 0 Å². The molecule has 5 aromatic rings. The van der Waals surface area contributed by atoms with Crippen molar-refractivity contribution in [3.05, 3.63) is 71.4 Å². The van der Waals surface area contributed by atoms with Crippen molar-refractivity contribution in [1.29, 1.82) is 0 Å². The molecule has 1 fully saturated rings. The van der Waals surface area contributed by atoms with Crippen LogP contribution in [0.15, 0.2) is 56.0 Å². The van der Waals surface area contributed by atoms with Crippen LogP contribution >= 0.6 is 0 Å². The van der Waals surface area contributed by atoms with Gasteiger partial charge in [-0.2, -0.15) is 9.97 Å². The van der Waals surface area contributed by atoms with Gasteiger partial charge in [-0.1, -0.05) is 24.3 Å². The van der Waals surface area contributed by atoms with E-state index in [4.69, 9.17) is 18.0 Å². The van der Waals surface area contributed by atoms with E-state index in [0.717, 1.165) is 11.1 Å². The normalized spacial score (nSPS) is 14.6. The molecule has 0 saturated heterocycles. The van der Waals surface area contributed by atoms with Crippen LogP contribution in [0.4, 0.5) is 10.5 Å². The Kier molecular flexibility index (Phi) is 5.38. The number of aryl methyl sites for hydroxylation is 1. The van der Waals surface area contributed by atoms with E-state index >= 15 is 0 Å². The molecule has 1 aromatic carbocycles. The maximum absolute atomic E-state index is 12.8. The molecule has 1 aliphatic rings. The zero-order valence-corrected chi connectivity index (χ0v) is 20.3. The number of hydrogen-bond acceptors (Lipinski definition) is 9. The van der Waals surface area contributed by atoms with Gasteiger partial charge in [0.1, 0.15) is 17.2 Å². The highest BCUT2D eigenvalue weighted by Crippen LogP contribution is 2.48. The van der Waals surface area contributed by atoms with Crippen LogP contribution in [0.25, 0.3) is 22.4 Å². The Morgan fingerprint density at radius 2 is 1.89 bits per heavy atom. The second kappa shape index (κ2) is 8.77. The van der Waals surface area contributed by atoms with Gasteiger partial charge in [0.2, 0.25) is 11.7 Å². The molecule has 4 aromatic heterocycles. The van der Waals surface area contributed by atoms with E-state index in [-0.39, 0.29) is 29.0 Å². The summed E-state index contributed by atoms with van der Waals surface area (Å²) >= 11 is 0. The third kappa shape index (κ3) is 4.02. The maximum atomic E-state index is 12.8. The van der Waals surface area contributed by atoms with Gasteiger partial charge < -0.3 is 23.1 Å². The zero-order chi connectivity index (χ0) is 26.4. The summed E-state index contributed by atoms with van der Waals surface area (Å²) < 4.78 is 22.5. The van der Waals surface area contributed by atoms with Gasteiger partial charge in [-0.25, -0.2) is 4.79 Å². The molecule has 0 radical (unpaired) electrons. The van der Waals surface area contributed by atoms with Crippen molar-refractivity contribution < 1.29 is 32.7 Å². The molecule has 190 valence electrons. The number of furan rings is 1. The van der Waals surface area contributed by atoms with Gasteiger partial charge >= 0.3 is 12.1 Å². The molecule has 1 aliphatic carbocycles. The number of oxazole rings is 2. The molecular weight excluding hydrogens is 492 g/mol. The number of carbonyl (C=O) groups excluding carboxylic acids is 1. The number of nitrogens with zero attached hydrogens (tertiary/aromatic N) is 3. The number of carbonyl (C=O) groups is 2. The van der Waals surface area contributed by atoms with Crippen molar-refractivity contribution in [1.82, 2.24) is 15.0 Å². The molecule has 1 atom stereocenters. The minimum atomic E-state index is -1.11. The quantitative estimate of drug-likeness (QED) is 0.304. The maximum Gasteiger partial charge on any atom is 0.412 e. The van der Waals surface area contributed by atoms with E-state index in [1.807, 2.05) is 31.2 Å². The molecule has 11 heteroatoms. The fourth-order valence-electron chi connectivity index (χ4n) is 4.22. The minimum Gasteiger partial charge on any atom is -0.480 e. The minimum absolute atomic E-state index is 0.0155. The van der Waals surface area contributed by atoms with Crippen LogP contribution in [0, 0.1) is 18.8 Å². The first-order valence-electron chi connectivity index (χ1n) is 11.8. The molecular formula is C27H20N4O7. The Bertz CT molecular complexity index is 1750. The van der Waals surface area contributed by atoms with Crippen molar-refractivity contribution >= 4 is 40.1 Å². The third-order valence-electron chi connectivity index (χ3n) is 6.46. The highest BCUT2D eigenvalue weighted by molar-refractivity contribution is 6.00. The van der Waals surface area contributed by atoms with E-state index in [2.05, 4.69) is 32.1 Å². The van der Waals surface area contributed by atoms with Crippen LogP contribution in [0.2, 0.25) is 0 Å². The van der Waals surface area contributed by atoms with Crippen LogP contribution in [-0.4, -0.2) is 32.1 Å². The number of pyridine rings is 1. The van der Waals surface area contributed by atoms with Crippen molar-refractivity contribution in [2.45, 2.75) is 38.2 Å². The highest BCUT2D eigenvalue weighted by atomic mass is 16.6. The number of benzene rings is 1. The molecule has 6 rings (SSSR count). The molecule has 1 unspecified atom stereocenters. The number of fused-ring (bicyclic) bond motifs is 2. The fraction of sp³-hybridized carbons (Fsp3) is 0.222. The van der Waals surface area contributed by atoms with Crippen LogP contribution < -0.4 is 5.32 Å². The first-order valence-corrected chi connectivity index (χ1v) is 11.8. The number of rotatable bonds is 5. The topological polar surface area (TPSA) is 154 Å². The number of anilines is 1. The van der Waals surface area contributed by atoms with Crippen molar-refractivity contribution in [3.63, 3.8) is 0 Å². The average molecular weight is 512 g/mol. The van der Waals surface area contributed by atoms with E-state index < -0.39 is 23.6 Å². The number of aromatic nitrogens is 3. The van der Waals surface area contributed by atoms with Crippen LogP contribution in [0.5, 0.6) is 0 Å². The zero-order valence-electron chi connectivity index (χ0n) is 20.3. The summed E-state index contributed by atoms with van der Waals surface area (Å²) in [6.07, 6.45) is 2.80. The van der Waals surface area contributed by atoms with E-state index in [1.165, 1.54) is 6.20 Å². The van der Waals surface area contributed by atoms with Crippen molar-refractivity contribution in [3.8, 4) is 11.8 Å². The summed E-state index contributed by atoms with van der Waals surface area (Å²) in [6, 6.07) is 9.34. The second-order valence-corrected chi connectivity index (χ2v) is 8.99. The second-order valence-electron chi connectivity index (χ2n) is 8.99. The fourth-order valence-corrected chi connectivity index (χ4v) is 4.22. The Morgan fingerprint density at radius 3 is 2.63 bits per heavy atom. The van der Waals surface area contributed by atoms with E-state index in [1.54, 1.807) is 19.2 Å². The molecule has 38 heavy (non-hydrogen) atoms. The van der Waals surface area contributed by atoms with Gasteiger partial charge in [0.25, 0.3) is 17.3 Å². The molecule has 1 saturated carbocycles. The Labute approximate surface area is 214 Å². The summed E-state index contributed by atoms with van der Waals surface area (Å²) in [4.78, 5) is 36.6. The Morgan fingerprint density at radius 1 is 1.11 bits per heavy atom. The van der Waals surface area contributed by atoms with Gasteiger partial charge in [-0.3, -0.25) is 15.1 Å². The average Bonchev–Trinajstić information content (AvgIpc) is 3.32.